The number of ketones is 1. The van der Waals surface area contributed by atoms with Gasteiger partial charge in [-0.1, -0.05) is 29.8 Å². The number of methoxy groups -OCH3 is 2. The molecule has 0 aliphatic carbocycles. The maximum absolute atomic E-state index is 13.5. The Morgan fingerprint density at radius 2 is 1.73 bits per heavy atom. The first kappa shape index (κ1) is 26.1. The number of aliphatic hydroxyl groups excluding tert-OH is 1. The standard InChI is InChI=1S/C29H28ClNO6/c1-6-37-23-15-18(10-11-22(23)35-4)25-24(26(32)20-13-17(3)14-21(30)28(20)36-5)27(33)29(34)31(25)19-9-7-8-16(2)12-19/h7-15,25,32H,6H2,1-5H3/b26-24+. The van der Waals surface area contributed by atoms with Gasteiger partial charge in [-0.05, 0) is 73.9 Å². The topological polar surface area (TPSA) is 85.3 Å². The van der Waals surface area contributed by atoms with Gasteiger partial charge in [0.25, 0.3) is 11.7 Å². The van der Waals surface area contributed by atoms with E-state index in [1.165, 1.54) is 19.1 Å². The summed E-state index contributed by atoms with van der Waals surface area (Å²) in [4.78, 5) is 28.4. The summed E-state index contributed by atoms with van der Waals surface area (Å²) in [6.07, 6.45) is 0. The predicted octanol–water partition coefficient (Wildman–Crippen LogP) is 6.00. The molecule has 1 N–H and O–H groups in total. The molecule has 3 aromatic rings. The summed E-state index contributed by atoms with van der Waals surface area (Å²) in [5.74, 6) is -0.801. The molecule has 0 bridgehead atoms. The maximum atomic E-state index is 13.5. The van der Waals surface area contributed by atoms with Crippen LogP contribution in [0.1, 0.15) is 35.2 Å². The lowest BCUT2D eigenvalue weighted by molar-refractivity contribution is -0.132. The van der Waals surface area contributed by atoms with Gasteiger partial charge in [0.1, 0.15) is 11.5 Å². The minimum absolute atomic E-state index is 0.0842. The van der Waals surface area contributed by atoms with Crippen LogP contribution in [0, 0.1) is 13.8 Å². The van der Waals surface area contributed by atoms with E-state index in [9.17, 15) is 14.7 Å². The van der Waals surface area contributed by atoms with Gasteiger partial charge in [0.05, 0.1) is 43.0 Å². The number of hydrogen-bond donors (Lipinski definition) is 1. The van der Waals surface area contributed by atoms with Crippen molar-refractivity contribution in [2.24, 2.45) is 0 Å². The molecule has 1 aliphatic rings. The number of benzene rings is 3. The highest BCUT2D eigenvalue weighted by molar-refractivity contribution is 6.51. The number of hydrogen-bond acceptors (Lipinski definition) is 6. The smallest absolute Gasteiger partial charge is 0.300 e. The van der Waals surface area contributed by atoms with Crippen molar-refractivity contribution in [1.29, 1.82) is 0 Å². The fraction of sp³-hybridized carbons (Fsp3) is 0.241. The molecule has 1 saturated heterocycles. The Morgan fingerprint density at radius 1 is 0.973 bits per heavy atom. The Morgan fingerprint density at radius 3 is 2.38 bits per heavy atom. The van der Waals surface area contributed by atoms with Crippen molar-refractivity contribution < 1.29 is 28.9 Å². The highest BCUT2D eigenvalue weighted by Gasteiger charge is 2.47. The largest absolute Gasteiger partial charge is 0.507 e. The molecule has 7 nitrogen and oxygen atoms in total. The Kier molecular flexibility index (Phi) is 7.45. The summed E-state index contributed by atoms with van der Waals surface area (Å²) in [5, 5.41) is 11.9. The van der Waals surface area contributed by atoms with Gasteiger partial charge in [-0.2, -0.15) is 0 Å². The number of carbonyl (C=O) groups is 2. The van der Waals surface area contributed by atoms with Crippen LogP contribution in [0.15, 0.2) is 60.2 Å². The van der Waals surface area contributed by atoms with E-state index < -0.39 is 17.7 Å². The summed E-state index contributed by atoms with van der Waals surface area (Å²) in [7, 11) is 2.96. The van der Waals surface area contributed by atoms with Crippen LogP contribution in [0.5, 0.6) is 17.2 Å². The Bertz CT molecular complexity index is 1410. The molecule has 1 amide bonds. The van der Waals surface area contributed by atoms with Crippen molar-refractivity contribution in [3.8, 4) is 17.2 Å². The first-order valence-corrected chi connectivity index (χ1v) is 12.1. The second-order valence-corrected chi connectivity index (χ2v) is 9.09. The van der Waals surface area contributed by atoms with Crippen molar-refractivity contribution in [2.45, 2.75) is 26.8 Å². The minimum atomic E-state index is -0.948. The van der Waals surface area contributed by atoms with Crippen LogP contribution in [0.2, 0.25) is 5.02 Å². The Hall–Kier alpha value is -3.97. The molecule has 37 heavy (non-hydrogen) atoms. The molecule has 1 atom stereocenters. The number of anilines is 1. The number of Topliss-reactive ketones (excluding diaryl/α,β-unsaturated/α-hetero) is 1. The van der Waals surface area contributed by atoms with Gasteiger partial charge < -0.3 is 19.3 Å². The van der Waals surface area contributed by atoms with E-state index in [0.29, 0.717) is 29.4 Å². The first-order chi connectivity index (χ1) is 17.7. The second-order valence-electron chi connectivity index (χ2n) is 8.68. The lowest BCUT2D eigenvalue weighted by Gasteiger charge is -2.26. The second kappa shape index (κ2) is 10.6. The van der Waals surface area contributed by atoms with E-state index in [4.69, 9.17) is 25.8 Å². The van der Waals surface area contributed by atoms with Crippen molar-refractivity contribution in [3.63, 3.8) is 0 Å². The zero-order valence-electron chi connectivity index (χ0n) is 21.3. The van der Waals surface area contributed by atoms with E-state index in [2.05, 4.69) is 0 Å². The van der Waals surface area contributed by atoms with Crippen molar-refractivity contribution in [3.05, 3.63) is 87.4 Å². The number of aryl methyl sites for hydroxylation is 2. The van der Waals surface area contributed by atoms with Crippen LogP contribution in [-0.4, -0.2) is 37.6 Å². The van der Waals surface area contributed by atoms with Gasteiger partial charge in [0.15, 0.2) is 11.5 Å². The number of amides is 1. The van der Waals surface area contributed by atoms with Crippen LogP contribution in [-0.2, 0) is 9.59 Å². The zero-order valence-corrected chi connectivity index (χ0v) is 22.1. The summed E-state index contributed by atoms with van der Waals surface area (Å²) in [6, 6.07) is 14.9. The van der Waals surface area contributed by atoms with Crippen molar-refractivity contribution >= 4 is 34.7 Å². The van der Waals surface area contributed by atoms with Gasteiger partial charge in [0.2, 0.25) is 0 Å². The van der Waals surface area contributed by atoms with Crippen LogP contribution < -0.4 is 19.1 Å². The van der Waals surface area contributed by atoms with Gasteiger partial charge in [-0.3, -0.25) is 14.5 Å². The summed E-state index contributed by atoms with van der Waals surface area (Å²) < 4.78 is 16.6. The Labute approximate surface area is 220 Å². The number of aliphatic hydroxyl groups is 1. The molecular formula is C29H28ClNO6. The number of ether oxygens (including phenoxy) is 3. The molecule has 1 unspecified atom stereocenters. The van der Waals surface area contributed by atoms with E-state index in [-0.39, 0.29) is 27.7 Å². The third kappa shape index (κ3) is 4.74. The SMILES string of the molecule is CCOc1cc(C2/C(=C(\O)c3cc(C)cc(Cl)c3OC)C(=O)C(=O)N2c2cccc(C)c2)ccc1OC. The Balaban J connectivity index is 2.03. The summed E-state index contributed by atoms with van der Waals surface area (Å²) in [6.45, 7) is 5.94. The normalized spacial score (nSPS) is 16.7. The number of halogens is 1. The van der Waals surface area contributed by atoms with E-state index in [1.54, 1.807) is 36.4 Å². The molecule has 1 aliphatic heterocycles. The maximum Gasteiger partial charge on any atom is 0.300 e. The fourth-order valence-corrected chi connectivity index (χ4v) is 4.93. The monoisotopic (exact) mass is 521 g/mol. The average molecular weight is 522 g/mol. The molecule has 1 heterocycles. The highest BCUT2D eigenvalue weighted by Crippen LogP contribution is 2.46. The molecule has 0 spiro atoms. The molecule has 1 fully saturated rings. The van der Waals surface area contributed by atoms with Crippen LogP contribution in [0.4, 0.5) is 5.69 Å². The summed E-state index contributed by atoms with van der Waals surface area (Å²) >= 11 is 6.38. The molecule has 0 saturated carbocycles. The summed E-state index contributed by atoms with van der Waals surface area (Å²) in [5.41, 5.74) is 2.88. The lowest BCUT2D eigenvalue weighted by Crippen LogP contribution is -2.29. The van der Waals surface area contributed by atoms with Gasteiger partial charge in [-0.15, -0.1) is 0 Å². The van der Waals surface area contributed by atoms with Crippen LogP contribution in [0.3, 0.4) is 0 Å². The molecule has 0 aromatic heterocycles. The number of nitrogens with zero attached hydrogens (tertiary/aromatic N) is 1. The average Bonchev–Trinajstić information content (AvgIpc) is 3.13. The highest BCUT2D eigenvalue weighted by atomic mass is 35.5. The minimum Gasteiger partial charge on any atom is -0.507 e. The van der Waals surface area contributed by atoms with Gasteiger partial charge >= 0.3 is 0 Å². The predicted molar refractivity (Wildman–Crippen MR) is 143 cm³/mol. The lowest BCUT2D eigenvalue weighted by atomic mass is 9.94. The first-order valence-electron chi connectivity index (χ1n) is 11.7. The van der Waals surface area contributed by atoms with E-state index >= 15 is 0 Å². The number of rotatable bonds is 7. The molecule has 3 aromatic carbocycles. The molecular weight excluding hydrogens is 494 g/mol. The quantitative estimate of drug-likeness (QED) is 0.233. The van der Waals surface area contributed by atoms with Crippen LogP contribution in [0.25, 0.3) is 5.76 Å². The third-order valence-corrected chi connectivity index (χ3v) is 6.46. The molecule has 192 valence electrons. The van der Waals surface area contributed by atoms with Crippen LogP contribution >= 0.6 is 11.6 Å². The van der Waals surface area contributed by atoms with E-state index in [0.717, 1.165) is 11.1 Å². The zero-order chi connectivity index (χ0) is 26.9. The third-order valence-electron chi connectivity index (χ3n) is 6.17. The van der Waals surface area contributed by atoms with Gasteiger partial charge in [-0.25, -0.2) is 0 Å². The van der Waals surface area contributed by atoms with Crippen molar-refractivity contribution in [1.82, 2.24) is 0 Å². The number of carbonyl (C=O) groups excluding carboxylic acids is 2. The van der Waals surface area contributed by atoms with E-state index in [1.807, 2.05) is 39.0 Å². The van der Waals surface area contributed by atoms with Crippen molar-refractivity contribution in [2.75, 3.05) is 25.7 Å². The fourth-order valence-electron chi connectivity index (χ4n) is 4.58. The van der Waals surface area contributed by atoms with Gasteiger partial charge in [0, 0.05) is 5.69 Å². The molecule has 8 heteroatoms. The molecule has 4 rings (SSSR count). The molecule has 0 radical (unpaired) electrons.